The molecule has 0 bridgehead atoms. The van der Waals surface area contributed by atoms with E-state index in [4.69, 9.17) is 11.5 Å². The summed E-state index contributed by atoms with van der Waals surface area (Å²) in [7, 11) is 0. The number of nitrogens with two attached hydrogens (primary N) is 2. The van der Waals surface area contributed by atoms with Crippen molar-refractivity contribution in [1.29, 1.82) is 0 Å². The van der Waals surface area contributed by atoms with E-state index in [-0.39, 0.29) is 5.91 Å². The fourth-order valence-corrected chi connectivity index (χ4v) is 1.58. The normalized spacial score (nSPS) is 9.95. The molecular formula is C13H20N4O2. The summed E-state index contributed by atoms with van der Waals surface area (Å²) >= 11 is 0. The molecule has 0 saturated heterocycles. The Bertz CT molecular complexity index is 460. The molecule has 6 heteroatoms. The SMILES string of the molecule is CCCNC(=O)CCNc1ccc(N)cc1C(N)=O. The molecule has 2 amide bonds. The predicted molar refractivity (Wildman–Crippen MR) is 75.8 cm³/mol. The summed E-state index contributed by atoms with van der Waals surface area (Å²) in [4.78, 5) is 22.7. The zero-order valence-corrected chi connectivity index (χ0v) is 11.0. The third kappa shape index (κ3) is 4.87. The average molecular weight is 264 g/mol. The van der Waals surface area contributed by atoms with Crippen LogP contribution in [0.3, 0.4) is 0 Å². The van der Waals surface area contributed by atoms with Crippen LogP contribution in [0.1, 0.15) is 30.1 Å². The van der Waals surface area contributed by atoms with Gasteiger partial charge in [-0.05, 0) is 24.6 Å². The van der Waals surface area contributed by atoms with Crippen LogP contribution in [-0.4, -0.2) is 24.9 Å². The van der Waals surface area contributed by atoms with Crippen molar-refractivity contribution in [2.75, 3.05) is 24.1 Å². The van der Waals surface area contributed by atoms with Crippen molar-refractivity contribution < 1.29 is 9.59 Å². The summed E-state index contributed by atoms with van der Waals surface area (Å²) in [5, 5.41) is 5.79. The molecule has 1 rings (SSSR count). The fourth-order valence-electron chi connectivity index (χ4n) is 1.58. The number of hydrogen-bond acceptors (Lipinski definition) is 4. The summed E-state index contributed by atoms with van der Waals surface area (Å²) in [6, 6.07) is 4.87. The van der Waals surface area contributed by atoms with Crippen LogP contribution >= 0.6 is 0 Å². The number of benzene rings is 1. The van der Waals surface area contributed by atoms with E-state index in [1.807, 2.05) is 6.92 Å². The second kappa shape index (κ2) is 7.25. The molecule has 0 aliphatic carbocycles. The highest BCUT2D eigenvalue weighted by molar-refractivity contribution is 5.99. The first-order valence-electron chi connectivity index (χ1n) is 6.24. The number of carbonyl (C=O) groups excluding carboxylic acids is 2. The van der Waals surface area contributed by atoms with Gasteiger partial charge in [-0.3, -0.25) is 9.59 Å². The van der Waals surface area contributed by atoms with Gasteiger partial charge in [-0.2, -0.15) is 0 Å². The molecule has 0 fully saturated rings. The van der Waals surface area contributed by atoms with Crippen molar-refractivity contribution in [1.82, 2.24) is 5.32 Å². The van der Waals surface area contributed by atoms with Crippen molar-refractivity contribution in [3.05, 3.63) is 23.8 Å². The molecule has 0 aliphatic rings. The smallest absolute Gasteiger partial charge is 0.250 e. The van der Waals surface area contributed by atoms with E-state index in [0.717, 1.165) is 6.42 Å². The van der Waals surface area contributed by atoms with Gasteiger partial charge < -0.3 is 22.1 Å². The lowest BCUT2D eigenvalue weighted by atomic mass is 10.1. The van der Waals surface area contributed by atoms with Gasteiger partial charge in [0.25, 0.3) is 5.91 Å². The highest BCUT2D eigenvalue weighted by Gasteiger charge is 2.08. The van der Waals surface area contributed by atoms with Gasteiger partial charge in [-0.15, -0.1) is 0 Å². The molecule has 1 aromatic carbocycles. The van der Waals surface area contributed by atoms with Crippen molar-refractivity contribution in [3.63, 3.8) is 0 Å². The Morgan fingerprint density at radius 1 is 1.26 bits per heavy atom. The molecule has 0 spiro atoms. The molecule has 0 heterocycles. The highest BCUT2D eigenvalue weighted by atomic mass is 16.1. The van der Waals surface area contributed by atoms with Crippen molar-refractivity contribution in [2.24, 2.45) is 5.73 Å². The number of rotatable bonds is 7. The maximum Gasteiger partial charge on any atom is 0.250 e. The summed E-state index contributed by atoms with van der Waals surface area (Å²) in [6.45, 7) is 3.10. The Labute approximate surface area is 112 Å². The fraction of sp³-hybridized carbons (Fsp3) is 0.385. The zero-order valence-electron chi connectivity index (χ0n) is 11.0. The third-order valence-corrected chi connectivity index (χ3v) is 2.55. The summed E-state index contributed by atoms with van der Waals surface area (Å²) in [5.74, 6) is -0.573. The van der Waals surface area contributed by atoms with Crippen molar-refractivity contribution in [3.8, 4) is 0 Å². The van der Waals surface area contributed by atoms with Gasteiger partial charge in [0, 0.05) is 30.9 Å². The Kier molecular flexibility index (Phi) is 5.66. The van der Waals surface area contributed by atoms with Crippen LogP contribution in [0, 0.1) is 0 Å². The molecule has 0 saturated carbocycles. The lowest BCUT2D eigenvalue weighted by Gasteiger charge is -2.10. The van der Waals surface area contributed by atoms with Gasteiger partial charge in [0.15, 0.2) is 0 Å². The van der Waals surface area contributed by atoms with Crippen LogP contribution in [0.5, 0.6) is 0 Å². The number of anilines is 2. The van der Waals surface area contributed by atoms with E-state index in [1.54, 1.807) is 12.1 Å². The van der Waals surface area contributed by atoms with E-state index in [2.05, 4.69) is 10.6 Å². The van der Waals surface area contributed by atoms with E-state index in [9.17, 15) is 9.59 Å². The van der Waals surface area contributed by atoms with E-state index < -0.39 is 5.91 Å². The molecule has 6 N–H and O–H groups in total. The Morgan fingerprint density at radius 2 is 2.00 bits per heavy atom. The molecule has 1 aromatic rings. The maximum atomic E-state index is 11.4. The van der Waals surface area contributed by atoms with Gasteiger partial charge in [0.05, 0.1) is 5.56 Å². The van der Waals surface area contributed by atoms with Gasteiger partial charge in [-0.1, -0.05) is 6.92 Å². The van der Waals surface area contributed by atoms with E-state index in [1.165, 1.54) is 6.07 Å². The molecule has 0 atom stereocenters. The Balaban J connectivity index is 2.53. The first-order chi connectivity index (χ1) is 9.04. The molecule has 6 nitrogen and oxygen atoms in total. The van der Waals surface area contributed by atoms with Gasteiger partial charge in [0.1, 0.15) is 0 Å². The molecule has 0 radical (unpaired) electrons. The summed E-state index contributed by atoms with van der Waals surface area (Å²) in [5.41, 5.74) is 12.3. The topological polar surface area (TPSA) is 110 Å². The second-order valence-corrected chi connectivity index (χ2v) is 4.20. The first kappa shape index (κ1) is 14.8. The lowest BCUT2D eigenvalue weighted by molar-refractivity contribution is -0.120. The van der Waals surface area contributed by atoms with Crippen LogP contribution in [-0.2, 0) is 4.79 Å². The molecule has 104 valence electrons. The molecule has 19 heavy (non-hydrogen) atoms. The van der Waals surface area contributed by atoms with Crippen LogP contribution < -0.4 is 22.1 Å². The zero-order chi connectivity index (χ0) is 14.3. The number of nitrogens with one attached hydrogen (secondary N) is 2. The van der Waals surface area contributed by atoms with Gasteiger partial charge in [0.2, 0.25) is 5.91 Å². The summed E-state index contributed by atoms with van der Waals surface area (Å²) < 4.78 is 0. The second-order valence-electron chi connectivity index (χ2n) is 4.20. The van der Waals surface area contributed by atoms with Crippen LogP contribution in [0.25, 0.3) is 0 Å². The third-order valence-electron chi connectivity index (χ3n) is 2.55. The van der Waals surface area contributed by atoms with Crippen LogP contribution in [0.4, 0.5) is 11.4 Å². The number of hydrogen-bond donors (Lipinski definition) is 4. The number of nitrogen functional groups attached to an aromatic ring is 1. The van der Waals surface area contributed by atoms with Gasteiger partial charge >= 0.3 is 0 Å². The van der Waals surface area contributed by atoms with E-state index >= 15 is 0 Å². The average Bonchev–Trinajstić information content (AvgIpc) is 2.37. The van der Waals surface area contributed by atoms with E-state index in [0.29, 0.717) is 36.4 Å². The minimum absolute atomic E-state index is 0.0228. The Morgan fingerprint density at radius 3 is 2.63 bits per heavy atom. The number of carbonyl (C=O) groups is 2. The molecule has 0 unspecified atom stereocenters. The Hall–Kier alpha value is -2.24. The van der Waals surface area contributed by atoms with Gasteiger partial charge in [-0.25, -0.2) is 0 Å². The summed E-state index contributed by atoms with van der Waals surface area (Å²) in [6.07, 6.45) is 1.24. The minimum Gasteiger partial charge on any atom is -0.399 e. The van der Waals surface area contributed by atoms with Crippen molar-refractivity contribution >= 4 is 23.2 Å². The lowest BCUT2D eigenvalue weighted by Crippen LogP contribution is -2.26. The van der Waals surface area contributed by atoms with Crippen LogP contribution in [0.2, 0.25) is 0 Å². The number of primary amides is 1. The molecule has 0 aromatic heterocycles. The maximum absolute atomic E-state index is 11.4. The van der Waals surface area contributed by atoms with Crippen LogP contribution in [0.15, 0.2) is 18.2 Å². The monoisotopic (exact) mass is 264 g/mol. The molecular weight excluding hydrogens is 244 g/mol. The largest absolute Gasteiger partial charge is 0.399 e. The minimum atomic E-state index is -0.551. The quantitative estimate of drug-likeness (QED) is 0.543. The first-order valence-corrected chi connectivity index (χ1v) is 6.24. The highest BCUT2D eigenvalue weighted by Crippen LogP contribution is 2.18. The molecule has 0 aliphatic heterocycles. The van der Waals surface area contributed by atoms with Crippen molar-refractivity contribution in [2.45, 2.75) is 19.8 Å². The standard InChI is InChI=1S/C13H20N4O2/c1-2-6-17-12(18)5-7-16-11-4-3-9(14)8-10(11)13(15)19/h3-4,8,16H,2,5-7,14H2,1H3,(H2,15,19)(H,17,18). The number of amides is 2. The predicted octanol–water partition coefficient (Wildman–Crippen LogP) is 0.696.